The van der Waals surface area contributed by atoms with Crippen LogP contribution in [0.4, 0.5) is 0 Å². The Bertz CT molecular complexity index is 317. The average molecular weight is 163 g/mol. The lowest BCUT2D eigenvalue weighted by atomic mass is 10.1. The predicted octanol–water partition coefficient (Wildman–Crippen LogP) is 1.50. The molecule has 0 fully saturated rings. The summed E-state index contributed by atoms with van der Waals surface area (Å²) in [6.07, 6.45) is 0.828. The Labute approximate surface area is 72.8 Å². The van der Waals surface area contributed by atoms with Gasteiger partial charge in [-0.2, -0.15) is 5.10 Å². The van der Waals surface area contributed by atoms with E-state index in [9.17, 15) is 0 Å². The zero-order chi connectivity index (χ0) is 9.14. The lowest BCUT2D eigenvalue weighted by Gasteiger charge is -1.95. The predicted molar refractivity (Wildman–Crippen MR) is 47.9 cm³/mol. The van der Waals surface area contributed by atoms with Gasteiger partial charge in [-0.05, 0) is 13.8 Å². The minimum Gasteiger partial charge on any atom is -0.317 e. The molecule has 0 aromatic carbocycles. The van der Waals surface area contributed by atoms with Gasteiger partial charge in [0.2, 0.25) is 6.54 Å². The van der Waals surface area contributed by atoms with Crippen molar-refractivity contribution in [1.29, 1.82) is 0 Å². The minimum absolute atomic E-state index is 0.563. The van der Waals surface area contributed by atoms with Crippen LogP contribution in [0.1, 0.15) is 17.0 Å². The van der Waals surface area contributed by atoms with Crippen LogP contribution in [0, 0.1) is 20.4 Å². The molecule has 1 aromatic heterocycles. The van der Waals surface area contributed by atoms with Gasteiger partial charge in [0.25, 0.3) is 0 Å². The zero-order valence-electron chi connectivity index (χ0n) is 7.76. The molecule has 0 saturated heterocycles. The van der Waals surface area contributed by atoms with Gasteiger partial charge in [0.05, 0.1) is 5.69 Å². The molecule has 0 aliphatic carbocycles. The monoisotopic (exact) mass is 163 g/mol. The van der Waals surface area contributed by atoms with Gasteiger partial charge in [0, 0.05) is 24.7 Å². The van der Waals surface area contributed by atoms with Crippen LogP contribution in [-0.2, 0) is 13.5 Å². The van der Waals surface area contributed by atoms with E-state index in [1.165, 1.54) is 11.3 Å². The van der Waals surface area contributed by atoms with Crippen molar-refractivity contribution in [3.05, 3.63) is 28.4 Å². The fourth-order valence-corrected chi connectivity index (χ4v) is 1.35. The summed E-state index contributed by atoms with van der Waals surface area (Å²) in [4.78, 5) is 3.34. The minimum atomic E-state index is 0.563. The first kappa shape index (κ1) is 8.79. The van der Waals surface area contributed by atoms with E-state index in [0.717, 1.165) is 12.1 Å². The van der Waals surface area contributed by atoms with E-state index in [0.29, 0.717) is 6.54 Å². The average Bonchev–Trinajstić information content (AvgIpc) is 2.25. The second kappa shape index (κ2) is 3.40. The molecule has 0 bridgehead atoms. The van der Waals surface area contributed by atoms with Crippen molar-refractivity contribution in [3.8, 4) is 0 Å². The van der Waals surface area contributed by atoms with E-state index in [1.807, 2.05) is 25.6 Å². The largest absolute Gasteiger partial charge is 0.317 e. The van der Waals surface area contributed by atoms with Crippen molar-refractivity contribution < 1.29 is 0 Å². The smallest absolute Gasteiger partial charge is 0.218 e. The van der Waals surface area contributed by atoms with Gasteiger partial charge in [-0.1, -0.05) is 0 Å². The Kier molecular flexibility index (Phi) is 2.49. The highest BCUT2D eigenvalue weighted by Crippen LogP contribution is 2.12. The van der Waals surface area contributed by atoms with E-state index in [1.54, 1.807) is 0 Å². The number of aromatic nitrogens is 2. The second-order valence-corrected chi connectivity index (χ2v) is 2.90. The van der Waals surface area contributed by atoms with E-state index in [4.69, 9.17) is 6.57 Å². The maximum atomic E-state index is 6.70. The van der Waals surface area contributed by atoms with Crippen LogP contribution in [0.5, 0.6) is 0 Å². The van der Waals surface area contributed by atoms with Gasteiger partial charge in [-0.15, -0.1) is 0 Å². The van der Waals surface area contributed by atoms with Crippen molar-refractivity contribution in [2.75, 3.05) is 6.54 Å². The Hall–Kier alpha value is -1.30. The summed E-state index contributed by atoms with van der Waals surface area (Å²) in [7, 11) is 1.93. The zero-order valence-corrected chi connectivity index (χ0v) is 7.76. The first-order valence-electron chi connectivity index (χ1n) is 3.99. The van der Waals surface area contributed by atoms with Gasteiger partial charge in [0.15, 0.2) is 0 Å². The lowest BCUT2D eigenvalue weighted by molar-refractivity contribution is 0.730. The summed E-state index contributed by atoms with van der Waals surface area (Å²) in [6.45, 7) is 11.3. The molecule has 0 aliphatic rings. The molecule has 64 valence electrons. The van der Waals surface area contributed by atoms with E-state index in [2.05, 4.69) is 9.94 Å². The van der Waals surface area contributed by atoms with E-state index < -0.39 is 0 Å². The standard InChI is InChI=1S/C9H13N3/c1-7-9(5-6-10-3)8(2)12(4)11-7/h5-6H2,1-2,4H3. The first-order chi connectivity index (χ1) is 5.66. The molecule has 0 atom stereocenters. The Balaban J connectivity index is 2.91. The molecule has 0 spiro atoms. The van der Waals surface area contributed by atoms with Crippen molar-refractivity contribution in [2.45, 2.75) is 20.3 Å². The number of nitrogens with zero attached hydrogens (tertiary/aromatic N) is 3. The molecule has 0 saturated carbocycles. The van der Waals surface area contributed by atoms with E-state index in [-0.39, 0.29) is 0 Å². The molecule has 12 heavy (non-hydrogen) atoms. The second-order valence-electron chi connectivity index (χ2n) is 2.90. The van der Waals surface area contributed by atoms with Crippen molar-refractivity contribution in [1.82, 2.24) is 9.78 Å². The highest BCUT2D eigenvalue weighted by Gasteiger charge is 2.09. The van der Waals surface area contributed by atoms with Crippen LogP contribution in [-0.4, -0.2) is 16.3 Å². The number of aryl methyl sites for hydroxylation is 2. The summed E-state index contributed by atoms with van der Waals surface area (Å²) in [5.41, 5.74) is 3.46. The third-order valence-corrected chi connectivity index (χ3v) is 2.13. The van der Waals surface area contributed by atoms with Crippen LogP contribution < -0.4 is 0 Å². The molecule has 0 amide bonds. The molecule has 0 unspecified atom stereocenters. The van der Waals surface area contributed by atoms with Gasteiger partial charge in [-0.25, -0.2) is 6.57 Å². The summed E-state index contributed by atoms with van der Waals surface area (Å²) in [5.74, 6) is 0. The van der Waals surface area contributed by atoms with Crippen LogP contribution in [0.2, 0.25) is 0 Å². The van der Waals surface area contributed by atoms with E-state index >= 15 is 0 Å². The molecule has 1 rings (SSSR count). The van der Waals surface area contributed by atoms with Gasteiger partial charge < -0.3 is 4.85 Å². The van der Waals surface area contributed by atoms with Crippen LogP contribution >= 0.6 is 0 Å². The van der Waals surface area contributed by atoms with Crippen molar-refractivity contribution in [2.24, 2.45) is 7.05 Å². The highest BCUT2D eigenvalue weighted by molar-refractivity contribution is 5.24. The third-order valence-electron chi connectivity index (χ3n) is 2.13. The van der Waals surface area contributed by atoms with Crippen LogP contribution in [0.25, 0.3) is 4.85 Å². The summed E-state index contributed by atoms with van der Waals surface area (Å²) in [6, 6.07) is 0. The summed E-state index contributed by atoms with van der Waals surface area (Å²) >= 11 is 0. The first-order valence-corrected chi connectivity index (χ1v) is 3.99. The number of rotatable bonds is 2. The Morgan fingerprint density at radius 1 is 1.50 bits per heavy atom. The highest BCUT2D eigenvalue weighted by atomic mass is 15.3. The third kappa shape index (κ3) is 1.48. The normalized spacial score (nSPS) is 9.83. The molecular weight excluding hydrogens is 150 g/mol. The fourth-order valence-electron chi connectivity index (χ4n) is 1.35. The van der Waals surface area contributed by atoms with Crippen molar-refractivity contribution in [3.63, 3.8) is 0 Å². The Morgan fingerprint density at radius 2 is 2.17 bits per heavy atom. The van der Waals surface area contributed by atoms with Crippen LogP contribution in [0.3, 0.4) is 0 Å². The van der Waals surface area contributed by atoms with Gasteiger partial charge >= 0.3 is 0 Å². The molecule has 1 heterocycles. The Morgan fingerprint density at radius 3 is 2.58 bits per heavy atom. The quantitative estimate of drug-likeness (QED) is 0.606. The molecule has 0 aliphatic heterocycles. The van der Waals surface area contributed by atoms with Crippen molar-refractivity contribution >= 4 is 0 Å². The molecule has 3 nitrogen and oxygen atoms in total. The number of hydrogen-bond acceptors (Lipinski definition) is 1. The maximum Gasteiger partial charge on any atom is 0.218 e. The molecular formula is C9H13N3. The van der Waals surface area contributed by atoms with Gasteiger partial charge in [0.1, 0.15) is 0 Å². The molecule has 1 aromatic rings. The lowest BCUT2D eigenvalue weighted by Crippen LogP contribution is -1.95. The SMILES string of the molecule is [C-]#[N+]CCc1c(C)nn(C)c1C. The molecule has 0 radical (unpaired) electrons. The number of hydrogen-bond donors (Lipinski definition) is 0. The topological polar surface area (TPSA) is 22.2 Å². The van der Waals surface area contributed by atoms with Gasteiger partial charge in [-0.3, -0.25) is 4.68 Å². The molecule has 3 heteroatoms. The summed E-state index contributed by atoms with van der Waals surface area (Å²) < 4.78 is 1.87. The van der Waals surface area contributed by atoms with Crippen LogP contribution in [0.15, 0.2) is 0 Å². The molecule has 0 N–H and O–H groups in total. The maximum absolute atomic E-state index is 6.70. The fraction of sp³-hybridized carbons (Fsp3) is 0.556. The summed E-state index contributed by atoms with van der Waals surface area (Å²) in [5, 5.41) is 4.28.